The highest BCUT2D eigenvalue weighted by atomic mass is 16.3. The molecule has 4 nitrogen and oxygen atoms in total. The van der Waals surface area contributed by atoms with Crippen molar-refractivity contribution in [3.8, 4) is 0 Å². The first-order chi connectivity index (χ1) is 4.22. The van der Waals surface area contributed by atoms with Crippen LogP contribution in [0.2, 0.25) is 0 Å². The minimum absolute atomic E-state index is 0.457. The van der Waals surface area contributed by atoms with Gasteiger partial charge in [0.05, 0.1) is 0 Å². The van der Waals surface area contributed by atoms with Crippen LogP contribution in [0, 0.1) is 4.91 Å². The first kappa shape index (κ1) is 8.07. The summed E-state index contributed by atoms with van der Waals surface area (Å²) in [7, 11) is 0. The van der Waals surface area contributed by atoms with Crippen molar-refractivity contribution in [3.63, 3.8) is 0 Å². The van der Waals surface area contributed by atoms with E-state index in [1.807, 2.05) is 6.92 Å². The van der Waals surface area contributed by atoms with E-state index in [0.717, 1.165) is 6.42 Å². The minimum Gasteiger partial charge on any atom is -0.368 e. The van der Waals surface area contributed by atoms with Gasteiger partial charge in [-0.1, -0.05) is 18.5 Å². The predicted molar refractivity (Wildman–Crippen MR) is 33.7 cm³/mol. The second-order valence-electron chi connectivity index (χ2n) is 1.81. The van der Waals surface area contributed by atoms with Gasteiger partial charge >= 0.3 is 0 Å². The molecule has 1 unspecified atom stereocenters. The molecule has 0 aromatic heterocycles. The molecular formula is C5H10N2O2. The van der Waals surface area contributed by atoms with E-state index in [1.54, 1.807) is 0 Å². The van der Waals surface area contributed by atoms with Crippen molar-refractivity contribution >= 4 is 5.91 Å². The third kappa shape index (κ3) is 2.79. The van der Waals surface area contributed by atoms with Crippen molar-refractivity contribution in [2.45, 2.75) is 25.8 Å². The number of carbonyl (C=O) groups is 1. The first-order valence-corrected chi connectivity index (χ1v) is 2.84. The maximum atomic E-state index is 10.2. The zero-order valence-corrected chi connectivity index (χ0v) is 5.33. The average Bonchev–Trinajstić information content (AvgIpc) is 1.82. The Bertz CT molecular complexity index is 114. The summed E-state index contributed by atoms with van der Waals surface area (Å²) in [4.78, 5) is 20.0. The Morgan fingerprint density at radius 3 is 2.44 bits per heavy atom. The Hall–Kier alpha value is -0.930. The van der Waals surface area contributed by atoms with Gasteiger partial charge in [0.2, 0.25) is 5.91 Å². The molecule has 2 N–H and O–H groups in total. The van der Waals surface area contributed by atoms with Gasteiger partial charge in [0, 0.05) is 0 Å². The number of nitrogens with zero attached hydrogens (tertiary/aromatic N) is 1. The van der Waals surface area contributed by atoms with Crippen molar-refractivity contribution < 1.29 is 4.79 Å². The fourth-order valence-electron chi connectivity index (χ4n) is 0.520. The Balaban J connectivity index is 3.68. The van der Waals surface area contributed by atoms with E-state index in [0.29, 0.717) is 6.42 Å². The van der Waals surface area contributed by atoms with Crippen molar-refractivity contribution in [2.75, 3.05) is 0 Å². The summed E-state index contributed by atoms with van der Waals surface area (Å²) < 4.78 is 0. The molecule has 52 valence electrons. The lowest BCUT2D eigenvalue weighted by Gasteiger charge is -1.98. The largest absolute Gasteiger partial charge is 0.368 e. The molecule has 0 spiro atoms. The Morgan fingerprint density at radius 2 is 2.33 bits per heavy atom. The van der Waals surface area contributed by atoms with Gasteiger partial charge < -0.3 is 5.73 Å². The van der Waals surface area contributed by atoms with E-state index in [-0.39, 0.29) is 0 Å². The van der Waals surface area contributed by atoms with E-state index in [4.69, 9.17) is 5.73 Å². The molecule has 0 aliphatic carbocycles. The SMILES string of the molecule is CCCC(N=O)C(N)=O. The molecule has 1 atom stereocenters. The topological polar surface area (TPSA) is 72.5 Å². The second kappa shape index (κ2) is 4.00. The summed E-state index contributed by atoms with van der Waals surface area (Å²) >= 11 is 0. The molecule has 0 fully saturated rings. The van der Waals surface area contributed by atoms with Crippen molar-refractivity contribution in [3.05, 3.63) is 4.91 Å². The predicted octanol–water partition coefficient (Wildman–Crippen LogP) is 0.407. The lowest BCUT2D eigenvalue weighted by atomic mass is 10.2. The van der Waals surface area contributed by atoms with Crippen LogP contribution in [0.3, 0.4) is 0 Å². The van der Waals surface area contributed by atoms with Crippen molar-refractivity contribution in [2.24, 2.45) is 10.9 Å². The highest BCUT2D eigenvalue weighted by Crippen LogP contribution is 1.98. The van der Waals surface area contributed by atoms with Gasteiger partial charge in [0.15, 0.2) is 6.04 Å². The van der Waals surface area contributed by atoms with Crippen LogP contribution in [0.4, 0.5) is 0 Å². The normalized spacial score (nSPS) is 12.6. The van der Waals surface area contributed by atoms with Gasteiger partial charge in [-0.15, -0.1) is 4.91 Å². The lowest BCUT2D eigenvalue weighted by Crippen LogP contribution is -2.26. The molecule has 0 aliphatic heterocycles. The molecule has 0 aromatic carbocycles. The number of hydrogen-bond acceptors (Lipinski definition) is 3. The van der Waals surface area contributed by atoms with Crippen LogP contribution >= 0.6 is 0 Å². The Kier molecular flexibility index (Phi) is 3.59. The number of rotatable bonds is 4. The van der Waals surface area contributed by atoms with E-state index < -0.39 is 11.9 Å². The number of carbonyl (C=O) groups excluding carboxylic acids is 1. The maximum absolute atomic E-state index is 10.2. The number of primary amides is 1. The lowest BCUT2D eigenvalue weighted by molar-refractivity contribution is -0.119. The molecular weight excluding hydrogens is 120 g/mol. The molecule has 0 bridgehead atoms. The summed E-state index contributed by atoms with van der Waals surface area (Å²) in [5.74, 6) is -0.633. The monoisotopic (exact) mass is 130 g/mol. The van der Waals surface area contributed by atoms with Crippen molar-refractivity contribution in [1.29, 1.82) is 0 Å². The van der Waals surface area contributed by atoms with E-state index in [9.17, 15) is 9.70 Å². The number of nitroso groups, excluding NO2 is 1. The molecule has 0 aromatic rings. The van der Waals surface area contributed by atoms with Gasteiger partial charge in [-0.3, -0.25) is 4.79 Å². The van der Waals surface area contributed by atoms with Crippen LogP contribution in [-0.4, -0.2) is 11.9 Å². The maximum Gasteiger partial charge on any atom is 0.245 e. The smallest absolute Gasteiger partial charge is 0.245 e. The Morgan fingerprint density at radius 1 is 1.78 bits per heavy atom. The van der Waals surface area contributed by atoms with E-state index in [2.05, 4.69) is 5.18 Å². The molecule has 4 heteroatoms. The van der Waals surface area contributed by atoms with Crippen LogP contribution in [0.5, 0.6) is 0 Å². The highest BCUT2D eigenvalue weighted by molar-refractivity contribution is 5.79. The molecule has 0 saturated heterocycles. The van der Waals surface area contributed by atoms with Crippen LogP contribution in [0.15, 0.2) is 5.18 Å². The minimum atomic E-state index is -0.824. The summed E-state index contributed by atoms with van der Waals surface area (Å²) in [5, 5.41) is 2.55. The number of amides is 1. The zero-order chi connectivity index (χ0) is 7.28. The fraction of sp³-hybridized carbons (Fsp3) is 0.800. The Labute approximate surface area is 53.4 Å². The van der Waals surface area contributed by atoms with Crippen LogP contribution in [-0.2, 0) is 4.79 Å². The summed E-state index contributed by atoms with van der Waals surface area (Å²) in [5.41, 5.74) is 4.80. The van der Waals surface area contributed by atoms with E-state index in [1.165, 1.54) is 0 Å². The van der Waals surface area contributed by atoms with Gasteiger partial charge in [-0.05, 0) is 6.42 Å². The quantitative estimate of drug-likeness (QED) is 0.559. The number of hydrogen-bond donors (Lipinski definition) is 1. The second-order valence-corrected chi connectivity index (χ2v) is 1.81. The van der Waals surface area contributed by atoms with Gasteiger partial charge in [0.1, 0.15) is 0 Å². The fourth-order valence-corrected chi connectivity index (χ4v) is 0.520. The van der Waals surface area contributed by atoms with Gasteiger partial charge in [-0.2, -0.15) is 0 Å². The van der Waals surface area contributed by atoms with Gasteiger partial charge in [0.25, 0.3) is 0 Å². The van der Waals surface area contributed by atoms with Crippen molar-refractivity contribution in [1.82, 2.24) is 0 Å². The zero-order valence-electron chi connectivity index (χ0n) is 5.33. The summed E-state index contributed by atoms with van der Waals surface area (Å²) in [6.45, 7) is 1.86. The molecule has 9 heavy (non-hydrogen) atoms. The highest BCUT2D eigenvalue weighted by Gasteiger charge is 2.12. The average molecular weight is 130 g/mol. The molecule has 0 saturated carbocycles. The third-order valence-corrected chi connectivity index (χ3v) is 1.02. The molecule has 0 rings (SSSR count). The van der Waals surface area contributed by atoms with Crippen LogP contribution < -0.4 is 5.73 Å². The summed E-state index contributed by atoms with van der Waals surface area (Å²) in [6.07, 6.45) is 1.21. The van der Waals surface area contributed by atoms with Gasteiger partial charge in [-0.25, -0.2) is 0 Å². The van der Waals surface area contributed by atoms with Crippen LogP contribution in [0.1, 0.15) is 19.8 Å². The van der Waals surface area contributed by atoms with E-state index >= 15 is 0 Å². The number of nitrogens with two attached hydrogens (primary N) is 1. The molecule has 0 radical (unpaired) electrons. The molecule has 0 aliphatic rings. The first-order valence-electron chi connectivity index (χ1n) is 2.84. The molecule has 0 heterocycles. The summed E-state index contributed by atoms with van der Waals surface area (Å²) in [6, 6.07) is -0.824. The molecule has 1 amide bonds. The third-order valence-electron chi connectivity index (χ3n) is 1.02. The van der Waals surface area contributed by atoms with Crippen LogP contribution in [0.25, 0.3) is 0 Å². The standard InChI is InChI=1S/C5H10N2O2/c1-2-3-4(7-9)5(6)8/h4H,2-3H2,1H3,(H2,6,8).